The van der Waals surface area contributed by atoms with E-state index in [4.69, 9.17) is 4.74 Å². The van der Waals surface area contributed by atoms with E-state index in [1.54, 1.807) is 7.11 Å². The molecule has 1 saturated heterocycles. The smallest absolute Gasteiger partial charge is 0.0667 e. The van der Waals surface area contributed by atoms with Crippen molar-refractivity contribution in [2.24, 2.45) is 11.8 Å². The second-order valence-corrected chi connectivity index (χ2v) is 4.10. The number of nitrogens with one attached hydrogen (secondary N) is 2. The first-order valence-electron chi connectivity index (χ1n) is 5.18. The quantitative estimate of drug-likeness (QED) is 0.632. The Bertz CT molecular complexity index is 137. The van der Waals surface area contributed by atoms with Gasteiger partial charge in [0.05, 0.1) is 6.10 Å². The maximum atomic E-state index is 5.16. The van der Waals surface area contributed by atoms with Crippen LogP contribution in [0.4, 0.5) is 0 Å². The molecule has 1 rings (SSSR count). The minimum atomic E-state index is 0.326. The monoisotopic (exact) mass is 186 g/mol. The molecule has 2 atom stereocenters. The van der Waals surface area contributed by atoms with Crippen molar-refractivity contribution in [3.63, 3.8) is 0 Å². The molecule has 0 saturated carbocycles. The van der Waals surface area contributed by atoms with Crippen molar-refractivity contribution in [3.8, 4) is 0 Å². The molecule has 0 bridgehead atoms. The van der Waals surface area contributed by atoms with Crippen molar-refractivity contribution in [3.05, 3.63) is 0 Å². The van der Waals surface area contributed by atoms with Crippen molar-refractivity contribution >= 4 is 0 Å². The van der Waals surface area contributed by atoms with E-state index in [9.17, 15) is 0 Å². The first-order chi connectivity index (χ1) is 6.24. The first-order valence-corrected chi connectivity index (χ1v) is 5.18. The van der Waals surface area contributed by atoms with Gasteiger partial charge in [0.25, 0.3) is 0 Å². The molecule has 1 fully saturated rings. The lowest BCUT2D eigenvalue weighted by molar-refractivity contribution is 0.114. The summed E-state index contributed by atoms with van der Waals surface area (Å²) in [6.45, 7) is 8.87. The summed E-state index contributed by atoms with van der Waals surface area (Å²) in [6.07, 6.45) is 0.326. The highest BCUT2D eigenvalue weighted by Crippen LogP contribution is 2.14. The molecular weight excluding hydrogens is 164 g/mol. The number of hydrogen-bond acceptors (Lipinski definition) is 3. The van der Waals surface area contributed by atoms with Gasteiger partial charge in [0.1, 0.15) is 0 Å². The van der Waals surface area contributed by atoms with Crippen LogP contribution in [0.3, 0.4) is 0 Å². The van der Waals surface area contributed by atoms with Gasteiger partial charge in [0, 0.05) is 13.7 Å². The summed E-state index contributed by atoms with van der Waals surface area (Å²) in [5.41, 5.74) is 0. The zero-order valence-electron chi connectivity index (χ0n) is 8.97. The summed E-state index contributed by atoms with van der Waals surface area (Å²) in [5.74, 6) is 1.66. The molecule has 3 nitrogen and oxygen atoms in total. The van der Waals surface area contributed by atoms with Gasteiger partial charge in [0.15, 0.2) is 0 Å². The lowest BCUT2D eigenvalue weighted by Crippen LogP contribution is -2.48. The molecule has 2 unspecified atom stereocenters. The average Bonchev–Trinajstić information content (AvgIpc) is 2.01. The van der Waals surface area contributed by atoms with Crippen LogP contribution in [0.15, 0.2) is 0 Å². The van der Waals surface area contributed by atoms with Crippen LogP contribution in [-0.2, 0) is 4.74 Å². The van der Waals surface area contributed by atoms with Gasteiger partial charge < -0.3 is 15.4 Å². The van der Waals surface area contributed by atoms with Crippen LogP contribution >= 0.6 is 0 Å². The standard InChI is InChI=1S/C10H22N2O/c1-8(10-6-12-7-10)4-11-5-9(2)13-3/h8-12H,4-7H2,1-3H3. The Labute approximate surface area is 81.2 Å². The van der Waals surface area contributed by atoms with Gasteiger partial charge in [-0.2, -0.15) is 0 Å². The second-order valence-electron chi connectivity index (χ2n) is 4.10. The van der Waals surface area contributed by atoms with Crippen LogP contribution in [0, 0.1) is 11.8 Å². The molecular formula is C10H22N2O. The van der Waals surface area contributed by atoms with Crippen molar-refractivity contribution in [1.82, 2.24) is 10.6 Å². The Morgan fingerprint density at radius 1 is 1.38 bits per heavy atom. The van der Waals surface area contributed by atoms with E-state index in [1.807, 2.05) is 0 Å². The molecule has 0 radical (unpaired) electrons. The Kier molecular flexibility index (Phi) is 4.70. The van der Waals surface area contributed by atoms with E-state index in [0.29, 0.717) is 6.10 Å². The lowest BCUT2D eigenvalue weighted by atomic mass is 9.89. The highest BCUT2D eigenvalue weighted by molar-refractivity contribution is 4.80. The van der Waals surface area contributed by atoms with Crippen LogP contribution in [0.1, 0.15) is 13.8 Å². The molecule has 0 amide bonds. The van der Waals surface area contributed by atoms with Crippen molar-refractivity contribution in [2.45, 2.75) is 20.0 Å². The number of rotatable bonds is 6. The molecule has 2 N–H and O–H groups in total. The third kappa shape index (κ3) is 3.63. The molecule has 0 aromatic heterocycles. The van der Waals surface area contributed by atoms with E-state index in [2.05, 4.69) is 24.5 Å². The molecule has 1 aliphatic heterocycles. The summed E-state index contributed by atoms with van der Waals surface area (Å²) in [5, 5.41) is 6.73. The fourth-order valence-corrected chi connectivity index (χ4v) is 1.48. The Balaban J connectivity index is 1.98. The largest absolute Gasteiger partial charge is 0.380 e. The van der Waals surface area contributed by atoms with Crippen LogP contribution in [-0.4, -0.2) is 39.4 Å². The number of ether oxygens (including phenoxy) is 1. The highest BCUT2D eigenvalue weighted by Gasteiger charge is 2.22. The Hall–Kier alpha value is -0.120. The molecule has 0 spiro atoms. The van der Waals surface area contributed by atoms with Crippen LogP contribution in [0.2, 0.25) is 0 Å². The van der Waals surface area contributed by atoms with Gasteiger partial charge in [-0.25, -0.2) is 0 Å². The van der Waals surface area contributed by atoms with Gasteiger partial charge >= 0.3 is 0 Å². The predicted octanol–water partition coefficient (Wildman–Crippen LogP) is 0.466. The minimum Gasteiger partial charge on any atom is -0.380 e. The van der Waals surface area contributed by atoms with Gasteiger partial charge in [0.2, 0.25) is 0 Å². The van der Waals surface area contributed by atoms with Crippen LogP contribution in [0.25, 0.3) is 0 Å². The lowest BCUT2D eigenvalue weighted by Gasteiger charge is -2.33. The SMILES string of the molecule is COC(C)CNCC(C)C1CNC1. The third-order valence-electron chi connectivity index (χ3n) is 2.92. The van der Waals surface area contributed by atoms with Crippen molar-refractivity contribution in [2.75, 3.05) is 33.3 Å². The topological polar surface area (TPSA) is 33.3 Å². The number of methoxy groups -OCH3 is 1. The van der Waals surface area contributed by atoms with E-state index < -0.39 is 0 Å². The molecule has 3 heteroatoms. The molecule has 1 aliphatic rings. The Morgan fingerprint density at radius 3 is 2.54 bits per heavy atom. The fourth-order valence-electron chi connectivity index (χ4n) is 1.48. The molecule has 0 aromatic carbocycles. The van der Waals surface area contributed by atoms with Gasteiger partial charge in [-0.1, -0.05) is 6.92 Å². The normalized spacial score (nSPS) is 22.4. The summed E-state index contributed by atoms with van der Waals surface area (Å²) < 4.78 is 5.16. The van der Waals surface area contributed by atoms with E-state index in [-0.39, 0.29) is 0 Å². The van der Waals surface area contributed by atoms with Crippen LogP contribution < -0.4 is 10.6 Å². The molecule has 0 aliphatic carbocycles. The van der Waals surface area contributed by atoms with E-state index in [1.165, 1.54) is 13.1 Å². The van der Waals surface area contributed by atoms with Gasteiger partial charge in [-0.15, -0.1) is 0 Å². The van der Waals surface area contributed by atoms with Gasteiger partial charge in [-0.05, 0) is 38.4 Å². The Morgan fingerprint density at radius 2 is 2.08 bits per heavy atom. The fraction of sp³-hybridized carbons (Fsp3) is 1.00. The van der Waals surface area contributed by atoms with E-state index >= 15 is 0 Å². The molecule has 1 heterocycles. The maximum Gasteiger partial charge on any atom is 0.0667 e. The van der Waals surface area contributed by atoms with E-state index in [0.717, 1.165) is 24.9 Å². The maximum absolute atomic E-state index is 5.16. The number of hydrogen-bond donors (Lipinski definition) is 2. The first kappa shape index (κ1) is 11.0. The zero-order valence-corrected chi connectivity index (χ0v) is 8.97. The van der Waals surface area contributed by atoms with Gasteiger partial charge in [-0.3, -0.25) is 0 Å². The average molecular weight is 186 g/mol. The summed E-state index contributed by atoms with van der Waals surface area (Å²) in [6, 6.07) is 0. The molecule has 13 heavy (non-hydrogen) atoms. The predicted molar refractivity (Wildman–Crippen MR) is 54.9 cm³/mol. The van der Waals surface area contributed by atoms with Crippen molar-refractivity contribution < 1.29 is 4.74 Å². The van der Waals surface area contributed by atoms with Crippen molar-refractivity contribution in [1.29, 1.82) is 0 Å². The molecule has 78 valence electrons. The summed E-state index contributed by atoms with van der Waals surface area (Å²) in [7, 11) is 1.76. The summed E-state index contributed by atoms with van der Waals surface area (Å²) in [4.78, 5) is 0. The summed E-state index contributed by atoms with van der Waals surface area (Å²) >= 11 is 0. The molecule has 0 aromatic rings. The highest BCUT2D eigenvalue weighted by atomic mass is 16.5. The zero-order chi connectivity index (χ0) is 9.68. The van der Waals surface area contributed by atoms with Crippen LogP contribution in [0.5, 0.6) is 0 Å². The third-order valence-corrected chi connectivity index (χ3v) is 2.92. The minimum absolute atomic E-state index is 0.326. The second kappa shape index (κ2) is 5.58.